The number of tetrazole rings is 1. The van der Waals surface area contributed by atoms with Crippen LogP contribution in [0.4, 0.5) is 0 Å². The predicted molar refractivity (Wildman–Crippen MR) is 51.4 cm³/mol. The first-order valence-electron chi connectivity index (χ1n) is 4.68. The maximum atomic E-state index is 9.14. The van der Waals surface area contributed by atoms with E-state index >= 15 is 0 Å². The summed E-state index contributed by atoms with van der Waals surface area (Å²) in [5.74, 6) is 0.639. The number of aliphatic hydroxyl groups is 1. The summed E-state index contributed by atoms with van der Waals surface area (Å²) in [6, 6.07) is 0. The number of hydrogen-bond donors (Lipinski definition) is 2. The molecule has 0 aliphatic rings. The number of nitrogens with one attached hydrogen (secondary N) is 1. The molecule has 0 amide bonds. The standard InChI is InChI=1S/C8H17N5O/c1-4-8(2,6-14)9-5-7-10-12-13(3)11-7/h9,14H,4-6H2,1-3H3. The molecular weight excluding hydrogens is 182 g/mol. The number of hydrogen-bond acceptors (Lipinski definition) is 5. The minimum absolute atomic E-state index is 0.101. The van der Waals surface area contributed by atoms with Gasteiger partial charge in [-0.25, -0.2) is 0 Å². The normalized spacial score (nSPS) is 15.4. The Bertz CT molecular complexity index is 281. The Morgan fingerprint density at radius 1 is 1.57 bits per heavy atom. The SMILES string of the molecule is CCC(C)(CO)NCc1nnn(C)n1. The molecule has 80 valence electrons. The molecule has 0 aromatic carbocycles. The fourth-order valence-corrected chi connectivity index (χ4v) is 0.979. The van der Waals surface area contributed by atoms with Crippen LogP contribution in [0.15, 0.2) is 0 Å². The minimum atomic E-state index is -0.265. The smallest absolute Gasteiger partial charge is 0.188 e. The van der Waals surface area contributed by atoms with E-state index in [1.807, 2.05) is 13.8 Å². The fraction of sp³-hybridized carbons (Fsp3) is 0.875. The molecule has 1 aromatic heterocycles. The van der Waals surface area contributed by atoms with Crippen molar-refractivity contribution < 1.29 is 5.11 Å². The highest BCUT2D eigenvalue weighted by Crippen LogP contribution is 2.07. The van der Waals surface area contributed by atoms with Crippen LogP contribution in [-0.2, 0) is 13.6 Å². The molecule has 0 radical (unpaired) electrons. The zero-order valence-corrected chi connectivity index (χ0v) is 8.86. The number of rotatable bonds is 5. The van der Waals surface area contributed by atoms with Crippen molar-refractivity contribution in [1.29, 1.82) is 0 Å². The van der Waals surface area contributed by atoms with Crippen molar-refractivity contribution in [3.8, 4) is 0 Å². The second-order valence-corrected chi connectivity index (χ2v) is 3.62. The highest BCUT2D eigenvalue weighted by molar-refractivity contribution is 4.84. The third-order valence-electron chi connectivity index (χ3n) is 2.35. The van der Waals surface area contributed by atoms with E-state index in [0.29, 0.717) is 12.4 Å². The lowest BCUT2D eigenvalue weighted by Gasteiger charge is -2.26. The van der Waals surface area contributed by atoms with Crippen LogP contribution in [0, 0.1) is 0 Å². The van der Waals surface area contributed by atoms with Crippen LogP contribution in [0.5, 0.6) is 0 Å². The van der Waals surface area contributed by atoms with E-state index in [1.165, 1.54) is 4.80 Å². The van der Waals surface area contributed by atoms with Gasteiger partial charge in [-0.15, -0.1) is 10.2 Å². The molecule has 0 saturated heterocycles. The molecule has 0 saturated carbocycles. The molecule has 0 aliphatic carbocycles. The van der Waals surface area contributed by atoms with Gasteiger partial charge < -0.3 is 10.4 Å². The Morgan fingerprint density at radius 3 is 2.71 bits per heavy atom. The van der Waals surface area contributed by atoms with Crippen molar-refractivity contribution in [2.24, 2.45) is 7.05 Å². The lowest BCUT2D eigenvalue weighted by Crippen LogP contribution is -2.44. The molecule has 0 aliphatic heterocycles. The molecule has 1 atom stereocenters. The molecule has 6 heteroatoms. The van der Waals surface area contributed by atoms with Gasteiger partial charge in [0.15, 0.2) is 5.82 Å². The van der Waals surface area contributed by atoms with Crippen LogP contribution >= 0.6 is 0 Å². The molecule has 1 aromatic rings. The van der Waals surface area contributed by atoms with Crippen LogP contribution < -0.4 is 5.32 Å². The summed E-state index contributed by atoms with van der Waals surface area (Å²) >= 11 is 0. The minimum Gasteiger partial charge on any atom is -0.394 e. The topological polar surface area (TPSA) is 75.9 Å². The molecule has 2 N–H and O–H groups in total. The molecule has 6 nitrogen and oxygen atoms in total. The molecule has 0 bridgehead atoms. The van der Waals surface area contributed by atoms with Crippen molar-refractivity contribution in [1.82, 2.24) is 25.5 Å². The molecule has 0 fully saturated rings. The van der Waals surface area contributed by atoms with Gasteiger partial charge in [0.05, 0.1) is 20.2 Å². The summed E-state index contributed by atoms with van der Waals surface area (Å²) in [7, 11) is 1.72. The van der Waals surface area contributed by atoms with E-state index in [1.54, 1.807) is 7.05 Å². The van der Waals surface area contributed by atoms with Gasteiger partial charge in [-0.05, 0) is 18.6 Å². The largest absolute Gasteiger partial charge is 0.394 e. The highest BCUT2D eigenvalue weighted by atomic mass is 16.3. The van der Waals surface area contributed by atoms with E-state index in [2.05, 4.69) is 20.7 Å². The summed E-state index contributed by atoms with van der Waals surface area (Å²) < 4.78 is 0. The van der Waals surface area contributed by atoms with Crippen molar-refractivity contribution in [2.75, 3.05) is 6.61 Å². The zero-order chi connectivity index (χ0) is 10.6. The number of aromatic nitrogens is 4. The van der Waals surface area contributed by atoms with Gasteiger partial charge in [0.25, 0.3) is 0 Å². The van der Waals surface area contributed by atoms with Gasteiger partial charge >= 0.3 is 0 Å². The maximum Gasteiger partial charge on any atom is 0.188 e. The fourth-order valence-electron chi connectivity index (χ4n) is 0.979. The van der Waals surface area contributed by atoms with E-state index < -0.39 is 0 Å². The van der Waals surface area contributed by atoms with Gasteiger partial charge in [-0.3, -0.25) is 0 Å². The van der Waals surface area contributed by atoms with Gasteiger partial charge in [-0.1, -0.05) is 6.92 Å². The number of nitrogens with zero attached hydrogens (tertiary/aromatic N) is 4. The predicted octanol–water partition coefficient (Wildman–Crippen LogP) is -0.539. The van der Waals surface area contributed by atoms with E-state index in [-0.39, 0.29) is 12.1 Å². The van der Waals surface area contributed by atoms with Crippen LogP contribution in [0.3, 0.4) is 0 Å². The van der Waals surface area contributed by atoms with Gasteiger partial charge in [0, 0.05) is 5.54 Å². The van der Waals surface area contributed by atoms with Crippen molar-refractivity contribution in [2.45, 2.75) is 32.4 Å². The first kappa shape index (κ1) is 11.1. The van der Waals surface area contributed by atoms with Crippen molar-refractivity contribution in [3.63, 3.8) is 0 Å². The van der Waals surface area contributed by atoms with Crippen molar-refractivity contribution >= 4 is 0 Å². The second kappa shape index (κ2) is 4.47. The van der Waals surface area contributed by atoms with E-state index in [9.17, 15) is 0 Å². The monoisotopic (exact) mass is 199 g/mol. The quantitative estimate of drug-likeness (QED) is 0.666. The van der Waals surface area contributed by atoms with E-state index in [0.717, 1.165) is 6.42 Å². The molecule has 14 heavy (non-hydrogen) atoms. The summed E-state index contributed by atoms with van der Waals surface area (Å²) in [6.07, 6.45) is 0.851. The summed E-state index contributed by atoms with van der Waals surface area (Å²) in [6.45, 7) is 4.61. The van der Waals surface area contributed by atoms with Crippen molar-refractivity contribution in [3.05, 3.63) is 5.82 Å². The Kier molecular flexibility index (Phi) is 3.54. The van der Waals surface area contributed by atoms with Crippen LogP contribution in [0.2, 0.25) is 0 Å². The third kappa shape index (κ3) is 2.74. The average molecular weight is 199 g/mol. The summed E-state index contributed by atoms with van der Waals surface area (Å²) in [5, 5.41) is 23.9. The number of aliphatic hydroxyl groups excluding tert-OH is 1. The summed E-state index contributed by atoms with van der Waals surface area (Å²) in [5.41, 5.74) is -0.265. The van der Waals surface area contributed by atoms with Gasteiger partial charge in [0.2, 0.25) is 0 Å². The lowest BCUT2D eigenvalue weighted by molar-refractivity contribution is 0.168. The molecular formula is C8H17N5O. The van der Waals surface area contributed by atoms with Gasteiger partial charge in [0.1, 0.15) is 0 Å². The molecule has 0 spiro atoms. The molecule has 1 unspecified atom stereocenters. The average Bonchev–Trinajstić information content (AvgIpc) is 2.61. The highest BCUT2D eigenvalue weighted by Gasteiger charge is 2.20. The Balaban J connectivity index is 2.47. The first-order valence-corrected chi connectivity index (χ1v) is 4.68. The Labute approximate surface area is 83.3 Å². The maximum absolute atomic E-state index is 9.14. The lowest BCUT2D eigenvalue weighted by atomic mass is 10.0. The van der Waals surface area contributed by atoms with Crippen LogP contribution in [0.25, 0.3) is 0 Å². The van der Waals surface area contributed by atoms with Gasteiger partial charge in [-0.2, -0.15) is 4.80 Å². The molecule has 1 heterocycles. The van der Waals surface area contributed by atoms with Crippen LogP contribution in [0.1, 0.15) is 26.1 Å². The Morgan fingerprint density at radius 2 is 2.29 bits per heavy atom. The summed E-state index contributed by atoms with van der Waals surface area (Å²) in [4.78, 5) is 1.42. The number of aryl methyl sites for hydroxylation is 1. The second-order valence-electron chi connectivity index (χ2n) is 3.62. The van der Waals surface area contributed by atoms with Crippen LogP contribution in [-0.4, -0.2) is 37.5 Å². The first-order chi connectivity index (χ1) is 6.59. The zero-order valence-electron chi connectivity index (χ0n) is 8.86. The molecule has 1 rings (SSSR count). The Hall–Kier alpha value is -1.01. The van der Waals surface area contributed by atoms with E-state index in [4.69, 9.17) is 5.11 Å². The third-order valence-corrected chi connectivity index (χ3v) is 2.35.